The quantitative estimate of drug-likeness (QED) is 0.670. The summed E-state index contributed by atoms with van der Waals surface area (Å²) in [5, 5.41) is 3.10. The first-order chi connectivity index (χ1) is 14.0. The summed E-state index contributed by atoms with van der Waals surface area (Å²) >= 11 is 0. The highest BCUT2D eigenvalue weighted by molar-refractivity contribution is 6.01. The number of aryl methyl sites for hydroxylation is 1. The van der Waals surface area contributed by atoms with Gasteiger partial charge in [0.15, 0.2) is 5.82 Å². The van der Waals surface area contributed by atoms with Gasteiger partial charge >= 0.3 is 0 Å². The van der Waals surface area contributed by atoms with Crippen LogP contribution in [-0.4, -0.2) is 52.4 Å². The maximum absolute atomic E-state index is 13.7. The first kappa shape index (κ1) is 16.9. The van der Waals surface area contributed by atoms with Gasteiger partial charge in [0.2, 0.25) is 0 Å². The number of fused-ring (bicyclic) bond motifs is 6. The molecule has 7 heteroatoms. The Morgan fingerprint density at radius 2 is 2.10 bits per heavy atom. The zero-order valence-corrected chi connectivity index (χ0v) is 16.1. The fourth-order valence-electron chi connectivity index (χ4n) is 5.16. The lowest BCUT2D eigenvalue weighted by molar-refractivity contribution is 0.0688. The third-order valence-electron chi connectivity index (χ3n) is 6.42. The number of benzene rings is 1. The molecule has 146 valence electrons. The van der Waals surface area contributed by atoms with Crippen LogP contribution in [0, 0.1) is 5.82 Å². The average Bonchev–Trinajstić information content (AvgIpc) is 3.10. The largest absolute Gasteiger partial charge is 0.356 e. The summed E-state index contributed by atoms with van der Waals surface area (Å²) in [7, 11) is 2.10. The second kappa shape index (κ2) is 5.73. The molecule has 0 radical (unpaired) electrons. The topological polar surface area (TPSA) is 73.9 Å². The van der Waals surface area contributed by atoms with Gasteiger partial charge in [0.05, 0.1) is 22.4 Å². The van der Waals surface area contributed by atoms with Crippen molar-refractivity contribution < 1.29 is 9.18 Å². The number of likely N-dealkylation sites (N-methyl/N-ethyl adjacent to an activating group) is 1. The maximum atomic E-state index is 13.7. The number of likely N-dealkylation sites (tertiary alicyclic amines) is 1. The lowest BCUT2D eigenvalue weighted by Crippen LogP contribution is -2.65. The number of nitrogens with zero attached hydrogens (tertiary/aromatic N) is 3. The number of rotatable bonds is 1. The third-order valence-corrected chi connectivity index (χ3v) is 6.42. The van der Waals surface area contributed by atoms with E-state index in [4.69, 9.17) is 4.98 Å². The Bertz CT molecular complexity index is 1180. The first-order valence-electron chi connectivity index (χ1n) is 9.88. The molecule has 1 saturated heterocycles. The minimum atomic E-state index is -0.312. The number of nitrogens with one attached hydrogen (secondary N) is 2. The molecule has 1 amide bonds. The summed E-state index contributed by atoms with van der Waals surface area (Å²) in [6.45, 7) is 2.50. The Labute approximate surface area is 167 Å². The monoisotopic (exact) mass is 389 g/mol. The summed E-state index contributed by atoms with van der Waals surface area (Å²) in [5.41, 5.74) is 6.28. The molecule has 6 rings (SSSR count). The number of H-pyrrole nitrogens is 1. The Morgan fingerprint density at radius 3 is 2.90 bits per heavy atom. The van der Waals surface area contributed by atoms with Crippen LogP contribution in [-0.2, 0) is 18.3 Å². The van der Waals surface area contributed by atoms with Crippen molar-refractivity contribution in [3.05, 3.63) is 58.7 Å². The van der Waals surface area contributed by atoms with Gasteiger partial charge in [0.25, 0.3) is 5.91 Å². The van der Waals surface area contributed by atoms with E-state index in [1.54, 1.807) is 12.1 Å². The molecule has 2 N–H and O–H groups in total. The second-order valence-electron chi connectivity index (χ2n) is 8.44. The van der Waals surface area contributed by atoms with Crippen molar-refractivity contribution in [1.82, 2.24) is 25.2 Å². The van der Waals surface area contributed by atoms with Gasteiger partial charge in [-0.25, -0.2) is 14.4 Å². The van der Waals surface area contributed by atoms with E-state index >= 15 is 0 Å². The van der Waals surface area contributed by atoms with Crippen LogP contribution in [0.15, 0.2) is 30.5 Å². The molecule has 6 nitrogen and oxygen atoms in total. The normalized spacial score (nSPS) is 19.2. The van der Waals surface area contributed by atoms with Crippen LogP contribution in [0.3, 0.4) is 0 Å². The Morgan fingerprint density at radius 1 is 1.24 bits per heavy atom. The zero-order valence-electron chi connectivity index (χ0n) is 16.1. The average molecular weight is 389 g/mol. The summed E-state index contributed by atoms with van der Waals surface area (Å²) < 4.78 is 13.7. The highest BCUT2D eigenvalue weighted by Crippen LogP contribution is 2.43. The lowest BCUT2D eigenvalue weighted by atomic mass is 9.73. The van der Waals surface area contributed by atoms with Crippen molar-refractivity contribution in [3.63, 3.8) is 0 Å². The van der Waals surface area contributed by atoms with Gasteiger partial charge in [-0.2, -0.15) is 0 Å². The third kappa shape index (κ3) is 2.34. The predicted molar refractivity (Wildman–Crippen MR) is 106 cm³/mol. The number of carbonyl (C=O) groups is 1. The minimum Gasteiger partial charge on any atom is -0.356 e. The van der Waals surface area contributed by atoms with Gasteiger partial charge in [-0.3, -0.25) is 4.79 Å². The fourth-order valence-corrected chi connectivity index (χ4v) is 5.16. The number of carbonyl (C=O) groups excluding carboxylic acids is 1. The van der Waals surface area contributed by atoms with E-state index in [1.807, 2.05) is 6.20 Å². The molecule has 0 unspecified atom stereocenters. The molecule has 1 aromatic carbocycles. The van der Waals surface area contributed by atoms with Crippen molar-refractivity contribution in [3.8, 4) is 22.8 Å². The van der Waals surface area contributed by atoms with Gasteiger partial charge in [0, 0.05) is 37.1 Å². The van der Waals surface area contributed by atoms with Gasteiger partial charge in [-0.15, -0.1) is 0 Å². The molecule has 0 bridgehead atoms. The lowest BCUT2D eigenvalue weighted by Gasteiger charge is -2.50. The molecule has 3 aliphatic rings. The predicted octanol–water partition coefficient (Wildman–Crippen LogP) is 2.30. The number of hydrogen-bond acceptors (Lipinski definition) is 4. The molecule has 1 spiro atoms. The Kier molecular flexibility index (Phi) is 3.33. The van der Waals surface area contributed by atoms with E-state index < -0.39 is 0 Å². The molecule has 4 heterocycles. The standard InChI is InChI=1S/C22H20FN5O/c1-28-10-22(11-28)9-25-21(29)16-15-6-5-13-8-24-20(12-3-2-4-14(23)7-12)27-17(13)18(15)26-19(16)22/h2-4,7-8,26H,5-6,9-11H2,1H3,(H,25,29). The molecule has 29 heavy (non-hydrogen) atoms. The Hall–Kier alpha value is -3.06. The fraction of sp³-hybridized carbons (Fsp3) is 0.318. The van der Waals surface area contributed by atoms with Gasteiger partial charge in [-0.1, -0.05) is 12.1 Å². The van der Waals surface area contributed by atoms with Crippen LogP contribution in [0.4, 0.5) is 4.39 Å². The Balaban J connectivity index is 1.52. The van der Waals surface area contributed by atoms with Crippen molar-refractivity contribution in [2.24, 2.45) is 0 Å². The van der Waals surface area contributed by atoms with E-state index in [0.29, 0.717) is 17.9 Å². The van der Waals surface area contributed by atoms with Crippen LogP contribution < -0.4 is 5.32 Å². The number of aromatic nitrogens is 3. The van der Waals surface area contributed by atoms with Gasteiger partial charge < -0.3 is 15.2 Å². The number of aromatic amines is 1. The molecule has 0 atom stereocenters. The molecule has 2 aromatic heterocycles. The van der Waals surface area contributed by atoms with E-state index in [9.17, 15) is 9.18 Å². The number of halogens is 1. The van der Waals surface area contributed by atoms with E-state index in [-0.39, 0.29) is 17.1 Å². The second-order valence-corrected chi connectivity index (χ2v) is 8.44. The summed E-state index contributed by atoms with van der Waals surface area (Å²) in [5.74, 6) is 0.180. The molecule has 1 fully saturated rings. The van der Waals surface area contributed by atoms with Crippen LogP contribution in [0.25, 0.3) is 22.8 Å². The van der Waals surface area contributed by atoms with E-state index in [2.05, 4.69) is 27.2 Å². The first-order valence-corrected chi connectivity index (χ1v) is 9.88. The smallest absolute Gasteiger partial charge is 0.253 e. The maximum Gasteiger partial charge on any atom is 0.253 e. The van der Waals surface area contributed by atoms with Gasteiger partial charge in [0.1, 0.15) is 5.82 Å². The van der Waals surface area contributed by atoms with Crippen molar-refractivity contribution in [1.29, 1.82) is 0 Å². The van der Waals surface area contributed by atoms with Crippen LogP contribution in [0.2, 0.25) is 0 Å². The zero-order chi connectivity index (χ0) is 19.8. The molecule has 1 aliphatic carbocycles. The highest BCUT2D eigenvalue weighted by Gasteiger charge is 2.50. The number of hydrogen-bond donors (Lipinski definition) is 2. The SMILES string of the molecule is CN1CC2(CNC(=O)c3c2[nH]c2c3CCc3cnc(-c4cccc(F)c4)nc3-2)C1. The molecule has 3 aromatic rings. The van der Waals surface area contributed by atoms with Crippen molar-refractivity contribution in [2.45, 2.75) is 18.3 Å². The summed E-state index contributed by atoms with van der Waals surface area (Å²) in [6, 6.07) is 6.32. The van der Waals surface area contributed by atoms with Crippen LogP contribution in [0.1, 0.15) is 27.2 Å². The molecular formula is C22H20FN5O. The molecule has 2 aliphatic heterocycles. The van der Waals surface area contributed by atoms with E-state index in [0.717, 1.165) is 59.7 Å². The van der Waals surface area contributed by atoms with Crippen molar-refractivity contribution >= 4 is 5.91 Å². The van der Waals surface area contributed by atoms with Gasteiger partial charge in [-0.05, 0) is 43.1 Å². The number of amides is 1. The van der Waals surface area contributed by atoms with E-state index in [1.165, 1.54) is 12.1 Å². The van der Waals surface area contributed by atoms with Crippen molar-refractivity contribution in [2.75, 3.05) is 26.7 Å². The van der Waals surface area contributed by atoms with Crippen LogP contribution in [0.5, 0.6) is 0 Å². The molecule has 0 saturated carbocycles. The summed E-state index contributed by atoms with van der Waals surface area (Å²) in [6.07, 6.45) is 3.41. The summed E-state index contributed by atoms with van der Waals surface area (Å²) in [4.78, 5) is 27.9. The van der Waals surface area contributed by atoms with Crippen LogP contribution >= 0.6 is 0 Å². The highest BCUT2D eigenvalue weighted by atomic mass is 19.1. The molecular weight excluding hydrogens is 369 g/mol. The minimum absolute atomic E-state index is 0.000498.